The van der Waals surface area contributed by atoms with Crippen LogP contribution in [0.1, 0.15) is 25.3 Å². The third-order valence-electron chi connectivity index (χ3n) is 3.19. The van der Waals surface area contributed by atoms with E-state index in [9.17, 15) is 0 Å². The third-order valence-corrected chi connectivity index (χ3v) is 3.19. The molecule has 0 aromatic heterocycles. The molecule has 1 aliphatic rings. The van der Waals surface area contributed by atoms with Crippen molar-refractivity contribution >= 4 is 0 Å². The molecule has 16 heavy (non-hydrogen) atoms. The van der Waals surface area contributed by atoms with Crippen molar-refractivity contribution in [2.24, 2.45) is 5.41 Å². The predicted octanol–water partition coefficient (Wildman–Crippen LogP) is 4.48. The molecular formula is C16H18. The molecule has 0 amide bonds. The molecule has 0 heteroatoms. The quantitative estimate of drug-likeness (QED) is 0.641. The monoisotopic (exact) mass is 210 g/mol. The highest BCUT2D eigenvalue weighted by Crippen LogP contribution is 2.39. The smallest absolute Gasteiger partial charge is 0.0107 e. The van der Waals surface area contributed by atoms with Gasteiger partial charge in [-0.3, -0.25) is 0 Å². The standard InChI is InChI=1S/C16H18/c1-13-9-10-15(16(2,3)12-11-13)14-7-5-4-6-8-14/h4-12,15H,1H2,2-3H3. The van der Waals surface area contributed by atoms with Gasteiger partial charge in [0.05, 0.1) is 0 Å². The maximum absolute atomic E-state index is 3.99. The topological polar surface area (TPSA) is 0 Å². The van der Waals surface area contributed by atoms with Gasteiger partial charge in [0, 0.05) is 5.92 Å². The van der Waals surface area contributed by atoms with Crippen molar-refractivity contribution in [3.8, 4) is 0 Å². The third kappa shape index (κ3) is 2.16. The molecule has 1 aromatic carbocycles. The zero-order valence-corrected chi connectivity index (χ0v) is 9.98. The molecule has 1 unspecified atom stereocenters. The Hall–Kier alpha value is -1.56. The van der Waals surface area contributed by atoms with Gasteiger partial charge in [-0.25, -0.2) is 0 Å². The van der Waals surface area contributed by atoms with E-state index in [-0.39, 0.29) is 5.41 Å². The van der Waals surface area contributed by atoms with Gasteiger partial charge in [-0.15, -0.1) is 0 Å². The maximum Gasteiger partial charge on any atom is 0.0107 e. The first kappa shape index (κ1) is 10.9. The van der Waals surface area contributed by atoms with Crippen LogP contribution >= 0.6 is 0 Å². The van der Waals surface area contributed by atoms with Gasteiger partial charge in [-0.05, 0) is 16.6 Å². The fourth-order valence-corrected chi connectivity index (χ4v) is 2.15. The average molecular weight is 210 g/mol. The summed E-state index contributed by atoms with van der Waals surface area (Å²) in [6.45, 7) is 8.53. The van der Waals surface area contributed by atoms with Gasteiger partial charge in [0.2, 0.25) is 0 Å². The van der Waals surface area contributed by atoms with Gasteiger partial charge in [0.1, 0.15) is 0 Å². The number of rotatable bonds is 1. The molecular weight excluding hydrogens is 192 g/mol. The molecule has 0 saturated heterocycles. The fraction of sp³-hybridized carbons (Fsp3) is 0.250. The largest absolute Gasteiger partial charge is 0.0918 e. The average Bonchev–Trinajstić information content (AvgIpc) is 2.40. The van der Waals surface area contributed by atoms with Crippen molar-refractivity contribution in [1.82, 2.24) is 0 Å². The number of hydrogen-bond acceptors (Lipinski definition) is 0. The summed E-state index contributed by atoms with van der Waals surface area (Å²) in [5.74, 6) is 0.421. The van der Waals surface area contributed by atoms with Crippen LogP contribution in [-0.4, -0.2) is 0 Å². The van der Waals surface area contributed by atoms with Crippen LogP contribution in [0.15, 0.2) is 66.8 Å². The Morgan fingerprint density at radius 1 is 1.06 bits per heavy atom. The second-order valence-corrected chi connectivity index (χ2v) is 4.98. The highest BCUT2D eigenvalue weighted by Gasteiger charge is 2.27. The molecule has 1 aliphatic carbocycles. The molecule has 1 aromatic rings. The Kier molecular flexibility index (Phi) is 2.82. The molecule has 0 aliphatic heterocycles. The zero-order chi connectivity index (χ0) is 11.6. The lowest BCUT2D eigenvalue weighted by molar-refractivity contribution is 0.428. The molecule has 0 radical (unpaired) electrons. The molecule has 0 saturated carbocycles. The lowest BCUT2D eigenvalue weighted by atomic mass is 9.75. The van der Waals surface area contributed by atoms with Gasteiger partial charge in [-0.1, -0.05) is 75.1 Å². The van der Waals surface area contributed by atoms with Crippen molar-refractivity contribution in [2.75, 3.05) is 0 Å². The number of hydrogen-bond donors (Lipinski definition) is 0. The van der Waals surface area contributed by atoms with E-state index in [1.165, 1.54) is 5.56 Å². The van der Waals surface area contributed by atoms with E-state index >= 15 is 0 Å². The molecule has 2 rings (SSSR count). The van der Waals surface area contributed by atoms with Crippen molar-refractivity contribution in [1.29, 1.82) is 0 Å². The van der Waals surface area contributed by atoms with E-state index in [0.717, 1.165) is 5.57 Å². The van der Waals surface area contributed by atoms with E-state index in [2.05, 4.69) is 75.1 Å². The van der Waals surface area contributed by atoms with Crippen molar-refractivity contribution < 1.29 is 0 Å². The van der Waals surface area contributed by atoms with Crippen LogP contribution in [0.2, 0.25) is 0 Å². The zero-order valence-electron chi connectivity index (χ0n) is 9.98. The van der Waals surface area contributed by atoms with Crippen LogP contribution in [0.4, 0.5) is 0 Å². The van der Waals surface area contributed by atoms with E-state index in [0.29, 0.717) is 5.92 Å². The van der Waals surface area contributed by atoms with Crippen LogP contribution in [0.25, 0.3) is 0 Å². The predicted molar refractivity (Wildman–Crippen MR) is 70.4 cm³/mol. The minimum Gasteiger partial charge on any atom is -0.0918 e. The molecule has 1 atom stereocenters. The summed E-state index contributed by atoms with van der Waals surface area (Å²) < 4.78 is 0. The summed E-state index contributed by atoms with van der Waals surface area (Å²) in [7, 11) is 0. The Morgan fingerprint density at radius 2 is 1.75 bits per heavy atom. The summed E-state index contributed by atoms with van der Waals surface area (Å²) in [6.07, 6.45) is 8.74. The van der Waals surface area contributed by atoms with Gasteiger partial charge in [-0.2, -0.15) is 0 Å². The lowest BCUT2D eigenvalue weighted by Crippen LogP contribution is -2.17. The molecule has 0 N–H and O–H groups in total. The minimum absolute atomic E-state index is 0.136. The van der Waals surface area contributed by atoms with Crippen LogP contribution in [0.3, 0.4) is 0 Å². The number of allylic oxidation sites excluding steroid dienone is 5. The van der Waals surface area contributed by atoms with E-state index in [1.807, 2.05) is 0 Å². The van der Waals surface area contributed by atoms with Gasteiger partial charge < -0.3 is 0 Å². The summed E-state index contributed by atoms with van der Waals surface area (Å²) in [5.41, 5.74) is 2.58. The second-order valence-electron chi connectivity index (χ2n) is 4.98. The van der Waals surface area contributed by atoms with Crippen LogP contribution in [-0.2, 0) is 0 Å². The van der Waals surface area contributed by atoms with E-state index in [4.69, 9.17) is 0 Å². The number of benzene rings is 1. The van der Waals surface area contributed by atoms with Crippen molar-refractivity contribution in [2.45, 2.75) is 19.8 Å². The Morgan fingerprint density at radius 3 is 2.44 bits per heavy atom. The SMILES string of the molecule is C=C1C=CC(c2ccccc2)C(C)(C)C=C1. The molecule has 0 spiro atoms. The highest BCUT2D eigenvalue weighted by molar-refractivity contribution is 5.38. The van der Waals surface area contributed by atoms with Crippen molar-refractivity contribution in [3.63, 3.8) is 0 Å². The summed E-state index contributed by atoms with van der Waals surface area (Å²) in [6, 6.07) is 10.6. The first-order valence-corrected chi connectivity index (χ1v) is 5.71. The van der Waals surface area contributed by atoms with Crippen molar-refractivity contribution in [3.05, 3.63) is 72.4 Å². The fourth-order valence-electron chi connectivity index (χ4n) is 2.15. The Balaban J connectivity index is 2.43. The molecule has 0 heterocycles. The van der Waals surface area contributed by atoms with E-state index in [1.54, 1.807) is 0 Å². The highest BCUT2D eigenvalue weighted by atomic mass is 14.3. The van der Waals surface area contributed by atoms with Gasteiger partial charge >= 0.3 is 0 Å². The van der Waals surface area contributed by atoms with Crippen LogP contribution in [0.5, 0.6) is 0 Å². The molecule has 0 nitrogen and oxygen atoms in total. The van der Waals surface area contributed by atoms with Gasteiger partial charge in [0.15, 0.2) is 0 Å². The first-order chi connectivity index (χ1) is 7.59. The van der Waals surface area contributed by atoms with Crippen LogP contribution < -0.4 is 0 Å². The normalized spacial score (nSPS) is 23.1. The lowest BCUT2D eigenvalue weighted by Gasteiger charge is -2.29. The summed E-state index contributed by atoms with van der Waals surface area (Å²) in [4.78, 5) is 0. The molecule has 0 fully saturated rings. The Labute approximate surface area is 98.0 Å². The maximum atomic E-state index is 3.99. The van der Waals surface area contributed by atoms with Crippen LogP contribution in [0, 0.1) is 5.41 Å². The summed E-state index contributed by atoms with van der Waals surface area (Å²) >= 11 is 0. The second kappa shape index (κ2) is 4.13. The summed E-state index contributed by atoms with van der Waals surface area (Å²) in [5, 5.41) is 0. The molecule has 0 bridgehead atoms. The van der Waals surface area contributed by atoms with E-state index < -0.39 is 0 Å². The minimum atomic E-state index is 0.136. The first-order valence-electron chi connectivity index (χ1n) is 5.71. The van der Waals surface area contributed by atoms with Gasteiger partial charge in [0.25, 0.3) is 0 Å². The molecule has 82 valence electrons. The Bertz CT molecular complexity index is 432.